The van der Waals surface area contributed by atoms with Crippen LogP contribution in [0.2, 0.25) is 0 Å². The molecule has 8 aromatic carbocycles. The molecule has 0 spiro atoms. The maximum absolute atomic E-state index is 13.7. The Balaban J connectivity index is 1.08. The Labute approximate surface area is 423 Å². The molecule has 0 aliphatic heterocycles. The fourth-order valence-electron chi connectivity index (χ4n) is 7.94. The molecule has 2 unspecified atom stereocenters. The summed E-state index contributed by atoms with van der Waals surface area (Å²) in [6.07, 6.45) is 9.70. The number of benzene rings is 8. The van der Waals surface area contributed by atoms with Gasteiger partial charge in [0.05, 0.1) is 11.1 Å². The van der Waals surface area contributed by atoms with Gasteiger partial charge in [-0.15, -0.1) is 12.8 Å². The van der Waals surface area contributed by atoms with Gasteiger partial charge < -0.3 is 39.1 Å². The monoisotopic (exact) mass is 970 g/mol. The van der Waals surface area contributed by atoms with E-state index in [0.717, 1.165) is 32.7 Å². The molecule has 2 N–H and O–H groups in total. The first-order valence-electron chi connectivity index (χ1n) is 23.3. The van der Waals surface area contributed by atoms with Crippen molar-refractivity contribution in [1.29, 1.82) is 0 Å². The molecular formula is C61H50N2O10. The zero-order valence-corrected chi connectivity index (χ0v) is 40.1. The van der Waals surface area contributed by atoms with Crippen molar-refractivity contribution in [2.45, 2.75) is 32.5 Å². The van der Waals surface area contributed by atoms with Crippen molar-refractivity contribution in [2.75, 3.05) is 37.1 Å². The Morgan fingerprint density at radius 3 is 1.19 bits per heavy atom. The summed E-state index contributed by atoms with van der Waals surface area (Å²) in [5, 5.41) is 9.20. The van der Waals surface area contributed by atoms with E-state index in [-0.39, 0.29) is 49.4 Å². The first-order valence-corrected chi connectivity index (χ1v) is 23.3. The number of esters is 2. The van der Waals surface area contributed by atoms with E-state index in [1.807, 2.05) is 72.8 Å². The van der Waals surface area contributed by atoms with Gasteiger partial charge in [0, 0.05) is 53.9 Å². The van der Waals surface area contributed by atoms with Gasteiger partial charge in [-0.2, -0.15) is 0 Å². The Morgan fingerprint density at radius 2 is 0.822 bits per heavy atom. The molecule has 0 radical (unpaired) electrons. The van der Waals surface area contributed by atoms with Crippen LogP contribution in [0.3, 0.4) is 0 Å². The van der Waals surface area contributed by atoms with Crippen molar-refractivity contribution < 1.29 is 47.6 Å². The van der Waals surface area contributed by atoms with E-state index in [2.05, 4.69) is 22.5 Å². The lowest BCUT2D eigenvalue weighted by atomic mass is 9.93. The molecule has 2 amide bonds. The molecule has 0 fully saturated rings. The number of fused-ring (bicyclic) bond motifs is 2. The fourth-order valence-corrected chi connectivity index (χ4v) is 7.94. The molecular weight excluding hydrogens is 921 g/mol. The van der Waals surface area contributed by atoms with Gasteiger partial charge >= 0.3 is 11.9 Å². The minimum atomic E-state index is -0.891. The lowest BCUT2D eigenvalue weighted by molar-refractivity contribution is -0.115. The highest BCUT2D eigenvalue weighted by molar-refractivity contribution is 5.94. The van der Waals surface area contributed by atoms with Gasteiger partial charge in [0.2, 0.25) is 11.8 Å². The van der Waals surface area contributed by atoms with Gasteiger partial charge in [-0.05, 0) is 131 Å². The van der Waals surface area contributed by atoms with Gasteiger partial charge in [-0.25, -0.2) is 9.59 Å². The number of terminal acetylenes is 2. The van der Waals surface area contributed by atoms with E-state index in [4.69, 9.17) is 41.3 Å². The number of nitrogens with one attached hydrogen (secondary N) is 2. The summed E-state index contributed by atoms with van der Waals surface area (Å²) >= 11 is 0. The molecule has 0 saturated carbocycles. The maximum atomic E-state index is 13.7. The first kappa shape index (κ1) is 49.9. The third kappa shape index (κ3) is 13.4. The SMILES string of the molecule is C#Cc1ccc(OCC(COc2ccc3ccccc3c2Cc2c(OCC(COc3ccc(C#C)cc3)OC(=O)c3ccc(NC(C)=O)cc3)ccc3ccccc23)OC(=O)c2ccc(NC(C)=O)cc2)cc1. The number of carbonyl (C=O) groups excluding carboxylic acids is 4. The standard InChI is InChI=1S/C61H50N2O10/c1-5-42-15-29-50(30-16-42)68-36-52(72-60(66)46-19-25-48(26-20-46)62-40(3)64)38-70-58-33-23-44-11-7-9-13-54(44)56(58)35-57-55-14-10-8-12-45(55)24-34-59(57)71-39-53(37-69-51-31-17-43(6-2)18-32-51)73-61(67)47-21-27-49(28-22-47)63-41(4)65/h1-2,7-34,52-53H,35-39H2,3-4H3,(H,62,64)(H,63,65). The summed E-state index contributed by atoms with van der Waals surface area (Å²) in [5.41, 5.74) is 4.67. The highest BCUT2D eigenvalue weighted by Gasteiger charge is 2.23. The van der Waals surface area contributed by atoms with Gasteiger partial charge in [-0.1, -0.05) is 72.5 Å². The Hall–Kier alpha value is -9.52. The lowest BCUT2D eigenvalue weighted by Gasteiger charge is -2.23. The summed E-state index contributed by atoms with van der Waals surface area (Å²) in [4.78, 5) is 50.5. The number of ether oxygens (including phenoxy) is 6. The number of hydrogen-bond donors (Lipinski definition) is 2. The van der Waals surface area contributed by atoms with Crippen LogP contribution in [0.1, 0.15) is 56.8 Å². The number of carbonyl (C=O) groups is 4. The van der Waals surface area contributed by atoms with Gasteiger partial charge in [0.15, 0.2) is 12.2 Å². The Morgan fingerprint density at radius 1 is 0.452 bits per heavy atom. The molecule has 0 bridgehead atoms. The summed E-state index contributed by atoms with van der Waals surface area (Å²) in [6.45, 7) is 2.53. The van der Waals surface area contributed by atoms with E-state index in [0.29, 0.717) is 51.9 Å². The van der Waals surface area contributed by atoms with Crippen molar-refractivity contribution in [3.63, 3.8) is 0 Å². The van der Waals surface area contributed by atoms with Crippen LogP contribution in [-0.4, -0.2) is 62.4 Å². The van der Waals surface area contributed by atoms with Crippen LogP contribution < -0.4 is 29.6 Å². The molecule has 0 aliphatic rings. The van der Waals surface area contributed by atoms with Crippen molar-refractivity contribution in [1.82, 2.24) is 0 Å². The highest BCUT2D eigenvalue weighted by Crippen LogP contribution is 2.37. The van der Waals surface area contributed by atoms with Crippen LogP contribution in [0, 0.1) is 24.7 Å². The smallest absolute Gasteiger partial charge is 0.338 e. The van der Waals surface area contributed by atoms with E-state index in [1.165, 1.54) is 13.8 Å². The van der Waals surface area contributed by atoms with Crippen LogP contribution >= 0.6 is 0 Å². The summed E-state index contributed by atoms with van der Waals surface area (Å²) < 4.78 is 37.7. The van der Waals surface area contributed by atoms with E-state index >= 15 is 0 Å². The van der Waals surface area contributed by atoms with Crippen LogP contribution in [0.5, 0.6) is 23.0 Å². The Bertz CT molecular complexity index is 3110. The van der Waals surface area contributed by atoms with Crippen LogP contribution in [0.4, 0.5) is 11.4 Å². The fraction of sp³-hybridized carbons (Fsp3) is 0.148. The summed E-state index contributed by atoms with van der Waals surface area (Å²) in [7, 11) is 0. The van der Waals surface area contributed by atoms with Crippen LogP contribution in [0.15, 0.2) is 170 Å². The van der Waals surface area contributed by atoms with E-state index in [1.54, 1.807) is 97.1 Å². The maximum Gasteiger partial charge on any atom is 0.338 e. The third-order valence-electron chi connectivity index (χ3n) is 11.5. The molecule has 12 heteroatoms. The molecule has 0 saturated heterocycles. The zero-order chi connectivity index (χ0) is 51.1. The minimum Gasteiger partial charge on any atom is -0.490 e. The second-order valence-corrected chi connectivity index (χ2v) is 16.9. The lowest BCUT2D eigenvalue weighted by Crippen LogP contribution is -2.31. The quantitative estimate of drug-likeness (QED) is 0.0559. The summed E-state index contributed by atoms with van der Waals surface area (Å²) in [6, 6.07) is 50.5. The molecule has 0 heterocycles. The second kappa shape index (κ2) is 23.9. The van der Waals surface area contributed by atoms with Crippen molar-refractivity contribution >= 4 is 56.7 Å². The summed E-state index contributed by atoms with van der Waals surface area (Å²) in [5.74, 6) is 5.62. The van der Waals surface area contributed by atoms with Crippen LogP contribution in [0.25, 0.3) is 21.5 Å². The van der Waals surface area contributed by atoms with Crippen molar-refractivity contribution in [3.8, 4) is 47.7 Å². The van der Waals surface area contributed by atoms with E-state index in [9.17, 15) is 19.2 Å². The molecule has 0 aliphatic carbocycles. The molecule has 8 rings (SSSR count). The topological polar surface area (TPSA) is 148 Å². The number of hydrogen-bond acceptors (Lipinski definition) is 10. The minimum absolute atomic E-state index is 0.0522. The molecule has 0 aromatic heterocycles. The molecule has 2 atom stereocenters. The van der Waals surface area contributed by atoms with Crippen LogP contribution in [-0.2, 0) is 25.5 Å². The third-order valence-corrected chi connectivity index (χ3v) is 11.5. The number of rotatable bonds is 20. The normalized spacial score (nSPS) is 11.5. The largest absolute Gasteiger partial charge is 0.490 e. The average Bonchev–Trinajstić information content (AvgIpc) is 3.41. The molecule has 73 heavy (non-hydrogen) atoms. The average molecular weight is 971 g/mol. The van der Waals surface area contributed by atoms with Gasteiger partial charge in [0.25, 0.3) is 0 Å². The zero-order valence-electron chi connectivity index (χ0n) is 40.1. The molecule has 12 nitrogen and oxygen atoms in total. The highest BCUT2D eigenvalue weighted by atomic mass is 16.6. The molecule has 364 valence electrons. The first-order chi connectivity index (χ1) is 35.5. The van der Waals surface area contributed by atoms with Crippen molar-refractivity contribution in [2.24, 2.45) is 0 Å². The predicted molar refractivity (Wildman–Crippen MR) is 281 cm³/mol. The van der Waals surface area contributed by atoms with Crippen molar-refractivity contribution in [3.05, 3.63) is 203 Å². The predicted octanol–water partition coefficient (Wildman–Crippen LogP) is 10.8. The van der Waals surface area contributed by atoms with Gasteiger partial charge in [0.1, 0.15) is 49.4 Å². The Kier molecular flexibility index (Phi) is 16.3. The number of amides is 2. The second-order valence-electron chi connectivity index (χ2n) is 16.9. The number of anilines is 2. The van der Waals surface area contributed by atoms with Gasteiger partial charge in [-0.3, -0.25) is 9.59 Å². The van der Waals surface area contributed by atoms with E-state index < -0.39 is 24.1 Å². The molecule has 8 aromatic rings.